The summed E-state index contributed by atoms with van der Waals surface area (Å²) in [7, 11) is 0. The SMILES string of the molecule is CSCN(CCCC(=O)Nc1ccc2[nH]nc(-c3ccc(OC(C)C)nc3)c2c1)CC(=O)N1CC=C(c2ccc(-c3ncn(CCO)n3)cc2)CC1. The van der Waals surface area contributed by atoms with E-state index in [1.54, 1.807) is 29.0 Å². The number of aliphatic hydroxyl groups excluding tert-OH is 1. The van der Waals surface area contributed by atoms with E-state index in [9.17, 15) is 9.59 Å². The fourth-order valence-corrected chi connectivity index (χ4v) is 6.71. The second-order valence-electron chi connectivity index (χ2n) is 13.0. The first kappa shape index (κ1) is 36.7. The fraction of sp³-hybridized carbons (Fsp3) is 0.368. The Balaban J connectivity index is 0.972. The van der Waals surface area contributed by atoms with Gasteiger partial charge in [-0.25, -0.2) is 9.97 Å². The summed E-state index contributed by atoms with van der Waals surface area (Å²) in [4.78, 5) is 39.0. The van der Waals surface area contributed by atoms with E-state index in [1.807, 2.05) is 67.5 Å². The number of carbonyl (C=O) groups excluding carboxylic acids is 2. The third kappa shape index (κ3) is 9.43. The summed E-state index contributed by atoms with van der Waals surface area (Å²) in [6, 6.07) is 17.6. The molecule has 0 aliphatic carbocycles. The van der Waals surface area contributed by atoms with Crippen LogP contribution in [0.15, 0.2) is 73.2 Å². The van der Waals surface area contributed by atoms with Crippen molar-refractivity contribution in [3.8, 4) is 28.5 Å². The quantitative estimate of drug-likeness (QED) is 0.114. The lowest BCUT2D eigenvalue weighted by Gasteiger charge is -2.29. The van der Waals surface area contributed by atoms with E-state index in [4.69, 9.17) is 9.84 Å². The molecule has 4 heterocycles. The number of fused-ring (bicyclic) bond motifs is 1. The second-order valence-corrected chi connectivity index (χ2v) is 13.8. The van der Waals surface area contributed by atoms with Crippen molar-refractivity contribution >= 4 is 45.7 Å². The predicted octanol–water partition coefficient (Wildman–Crippen LogP) is 5.32. The first-order valence-electron chi connectivity index (χ1n) is 17.5. The molecule has 0 saturated heterocycles. The first-order chi connectivity index (χ1) is 25.3. The number of aromatic amines is 1. The summed E-state index contributed by atoms with van der Waals surface area (Å²) >= 11 is 1.67. The molecule has 1 aliphatic rings. The number of aliphatic hydroxyl groups is 1. The Hall–Kier alpha value is -5.05. The van der Waals surface area contributed by atoms with Gasteiger partial charge >= 0.3 is 0 Å². The number of pyridine rings is 1. The molecule has 3 N–H and O–H groups in total. The molecule has 52 heavy (non-hydrogen) atoms. The summed E-state index contributed by atoms with van der Waals surface area (Å²) in [6.07, 6.45) is 9.30. The van der Waals surface area contributed by atoms with Crippen LogP contribution in [0.2, 0.25) is 0 Å². The van der Waals surface area contributed by atoms with Gasteiger partial charge in [0.05, 0.1) is 31.3 Å². The Labute approximate surface area is 307 Å². The number of benzene rings is 2. The minimum absolute atomic E-state index is 0.0165. The zero-order valence-electron chi connectivity index (χ0n) is 29.8. The molecule has 6 rings (SSSR count). The molecule has 2 amide bonds. The van der Waals surface area contributed by atoms with Crippen molar-refractivity contribution in [2.75, 3.05) is 50.2 Å². The number of H-pyrrole nitrogens is 1. The van der Waals surface area contributed by atoms with Crippen molar-refractivity contribution in [1.29, 1.82) is 0 Å². The largest absolute Gasteiger partial charge is 0.475 e. The summed E-state index contributed by atoms with van der Waals surface area (Å²) in [5.41, 5.74) is 6.41. The van der Waals surface area contributed by atoms with Crippen LogP contribution in [-0.4, -0.2) is 108 Å². The normalized spacial score (nSPS) is 13.2. The lowest BCUT2D eigenvalue weighted by molar-refractivity contribution is -0.131. The number of amides is 2. The van der Waals surface area contributed by atoms with Crippen LogP contribution < -0.4 is 10.1 Å². The molecule has 13 nitrogen and oxygen atoms in total. The lowest BCUT2D eigenvalue weighted by atomic mass is 9.98. The standard InChI is InChI=1S/C38H45N9O4S/c1-26(2)51-35-13-10-30(22-39-35)37-32-21-31(11-12-33(32)42-43-37)41-34(49)5-4-16-45(25-52-3)23-36(50)46-17-14-28(15-18-46)27-6-8-29(9-7-27)38-40-24-47(44-38)19-20-48/h6-14,21-22,24,26,48H,4-5,15-20,23,25H2,1-3H3,(H,41,49)(H,42,43). The molecular formula is C38H45N9O4S. The smallest absolute Gasteiger partial charge is 0.237 e. The van der Waals surface area contributed by atoms with Crippen LogP contribution in [0, 0.1) is 0 Å². The van der Waals surface area contributed by atoms with Gasteiger partial charge in [0.25, 0.3) is 0 Å². The van der Waals surface area contributed by atoms with E-state index >= 15 is 0 Å². The van der Waals surface area contributed by atoms with Gasteiger partial charge in [-0.2, -0.15) is 10.2 Å². The van der Waals surface area contributed by atoms with Crippen LogP contribution in [0.4, 0.5) is 5.69 Å². The van der Waals surface area contributed by atoms with Gasteiger partial charge < -0.3 is 20.1 Å². The summed E-state index contributed by atoms with van der Waals surface area (Å²) in [6.45, 7) is 6.53. The molecule has 1 aliphatic heterocycles. The van der Waals surface area contributed by atoms with Crippen LogP contribution in [0.1, 0.15) is 38.7 Å². The Morgan fingerprint density at radius 2 is 1.88 bits per heavy atom. The molecule has 0 bridgehead atoms. The molecule has 14 heteroatoms. The molecule has 0 spiro atoms. The van der Waals surface area contributed by atoms with Gasteiger partial charge in [0.15, 0.2) is 5.82 Å². The van der Waals surface area contributed by atoms with E-state index in [1.165, 1.54) is 5.57 Å². The number of aromatic nitrogens is 6. The highest BCUT2D eigenvalue weighted by molar-refractivity contribution is 7.98. The van der Waals surface area contributed by atoms with E-state index < -0.39 is 0 Å². The van der Waals surface area contributed by atoms with E-state index in [-0.39, 0.29) is 24.5 Å². The van der Waals surface area contributed by atoms with Gasteiger partial charge in [0.2, 0.25) is 17.7 Å². The lowest BCUT2D eigenvalue weighted by Crippen LogP contribution is -2.42. The summed E-state index contributed by atoms with van der Waals surface area (Å²) in [5, 5.41) is 25.0. The molecule has 0 fully saturated rings. The predicted molar refractivity (Wildman–Crippen MR) is 205 cm³/mol. The van der Waals surface area contributed by atoms with Gasteiger partial charge in [-0.05, 0) is 74.9 Å². The van der Waals surface area contributed by atoms with Gasteiger partial charge in [0, 0.05) is 59.9 Å². The zero-order valence-corrected chi connectivity index (χ0v) is 30.6. The molecular weight excluding hydrogens is 679 g/mol. The van der Waals surface area contributed by atoms with Crippen molar-refractivity contribution in [2.45, 2.75) is 45.8 Å². The molecule has 2 aromatic carbocycles. The number of nitrogens with zero attached hydrogens (tertiary/aromatic N) is 7. The number of ether oxygens (including phenoxy) is 1. The Bertz CT molecular complexity index is 1990. The average Bonchev–Trinajstić information content (AvgIpc) is 3.79. The third-order valence-corrected chi connectivity index (χ3v) is 9.33. The molecule has 0 unspecified atom stereocenters. The number of thioether (sulfide) groups is 1. The minimum atomic E-state index is -0.0777. The van der Waals surface area contributed by atoms with Gasteiger partial charge in [-0.15, -0.1) is 11.8 Å². The van der Waals surface area contributed by atoms with Crippen molar-refractivity contribution in [2.24, 2.45) is 0 Å². The first-order valence-corrected chi connectivity index (χ1v) is 18.9. The molecule has 5 aromatic rings. The van der Waals surface area contributed by atoms with E-state index in [0.717, 1.165) is 39.7 Å². The maximum absolute atomic E-state index is 13.3. The monoisotopic (exact) mass is 723 g/mol. The Kier molecular flexibility index (Phi) is 12.3. The molecule has 272 valence electrons. The second kappa shape index (κ2) is 17.4. The van der Waals surface area contributed by atoms with Gasteiger partial charge in [-0.1, -0.05) is 30.3 Å². The molecule has 3 aromatic heterocycles. The maximum Gasteiger partial charge on any atom is 0.237 e. The van der Waals surface area contributed by atoms with E-state index in [0.29, 0.717) is 68.8 Å². The molecule has 0 radical (unpaired) electrons. The highest BCUT2D eigenvalue weighted by atomic mass is 32.2. The molecule has 0 atom stereocenters. The highest BCUT2D eigenvalue weighted by Gasteiger charge is 2.21. The van der Waals surface area contributed by atoms with Crippen LogP contribution in [0.3, 0.4) is 0 Å². The van der Waals surface area contributed by atoms with Crippen LogP contribution in [-0.2, 0) is 16.1 Å². The maximum atomic E-state index is 13.3. The fourth-order valence-electron chi connectivity index (χ4n) is 6.12. The van der Waals surface area contributed by atoms with Crippen LogP contribution in [0.25, 0.3) is 39.1 Å². The van der Waals surface area contributed by atoms with Gasteiger partial charge in [0.1, 0.15) is 12.0 Å². The van der Waals surface area contributed by atoms with Crippen molar-refractivity contribution < 1.29 is 19.4 Å². The van der Waals surface area contributed by atoms with Crippen molar-refractivity contribution in [1.82, 2.24) is 39.7 Å². The minimum Gasteiger partial charge on any atom is -0.475 e. The van der Waals surface area contributed by atoms with Crippen molar-refractivity contribution in [3.63, 3.8) is 0 Å². The van der Waals surface area contributed by atoms with Crippen molar-refractivity contribution in [3.05, 3.63) is 78.8 Å². The topological polar surface area (TPSA) is 154 Å². The summed E-state index contributed by atoms with van der Waals surface area (Å²) < 4.78 is 7.28. The Morgan fingerprint density at radius 1 is 1.08 bits per heavy atom. The summed E-state index contributed by atoms with van der Waals surface area (Å²) in [5.74, 6) is 1.91. The number of anilines is 1. The van der Waals surface area contributed by atoms with E-state index in [2.05, 4.69) is 53.7 Å². The number of carbonyl (C=O) groups is 2. The number of nitrogens with one attached hydrogen (secondary N) is 2. The Morgan fingerprint density at radius 3 is 2.60 bits per heavy atom. The zero-order chi connectivity index (χ0) is 36.5. The van der Waals surface area contributed by atoms with Gasteiger partial charge in [-0.3, -0.25) is 24.3 Å². The van der Waals surface area contributed by atoms with Crippen LogP contribution >= 0.6 is 11.8 Å². The van der Waals surface area contributed by atoms with Crippen LogP contribution in [0.5, 0.6) is 5.88 Å². The number of hydrogen-bond donors (Lipinski definition) is 3. The third-order valence-electron chi connectivity index (χ3n) is 8.70. The number of hydrogen-bond acceptors (Lipinski definition) is 10. The number of rotatable bonds is 16. The highest BCUT2D eigenvalue weighted by Crippen LogP contribution is 2.29. The average molecular weight is 724 g/mol. The molecule has 0 saturated carbocycles.